The zero-order chi connectivity index (χ0) is 16.5. The number of rotatable bonds is 5. The highest BCUT2D eigenvalue weighted by atomic mass is 19.4. The van der Waals surface area contributed by atoms with Crippen molar-refractivity contribution in [3.05, 3.63) is 35.4 Å². The average molecular weight is 322 g/mol. The summed E-state index contributed by atoms with van der Waals surface area (Å²) in [5, 5.41) is 2.09. The molecule has 2 atom stereocenters. The smallest absolute Gasteiger partial charge is 0.350 e. The lowest BCUT2D eigenvalue weighted by Crippen LogP contribution is -2.42. The molecule has 22 heavy (non-hydrogen) atoms. The van der Waals surface area contributed by atoms with Gasteiger partial charge in [-0.15, -0.1) is 0 Å². The van der Waals surface area contributed by atoms with Gasteiger partial charge < -0.3 is 11.1 Å². The SMILES string of the molecule is NCC(F)(F)CNC(=O)C1CC1c1cccc(C(F)(F)F)c1. The number of carbonyl (C=O) groups is 1. The molecule has 1 amide bonds. The lowest BCUT2D eigenvalue weighted by atomic mass is 10.1. The van der Waals surface area contributed by atoms with E-state index in [-0.39, 0.29) is 5.92 Å². The molecule has 1 fully saturated rings. The third-order valence-electron chi connectivity index (χ3n) is 3.59. The molecule has 1 aromatic rings. The molecule has 0 spiro atoms. The predicted molar refractivity (Wildman–Crippen MR) is 69.3 cm³/mol. The molecule has 2 rings (SSSR count). The number of hydrogen-bond donors (Lipinski definition) is 2. The monoisotopic (exact) mass is 322 g/mol. The molecule has 1 aliphatic carbocycles. The maximum atomic E-state index is 12.9. The van der Waals surface area contributed by atoms with E-state index in [1.54, 1.807) is 0 Å². The highest BCUT2D eigenvalue weighted by Gasteiger charge is 2.45. The summed E-state index contributed by atoms with van der Waals surface area (Å²) in [7, 11) is 0. The second-order valence-corrected chi connectivity index (χ2v) is 5.35. The summed E-state index contributed by atoms with van der Waals surface area (Å²) in [6.45, 7) is -1.75. The van der Waals surface area contributed by atoms with Gasteiger partial charge in [0.2, 0.25) is 5.91 Å². The van der Waals surface area contributed by atoms with Crippen LogP contribution >= 0.6 is 0 Å². The maximum Gasteiger partial charge on any atom is 0.416 e. The first-order valence-corrected chi connectivity index (χ1v) is 6.67. The molecule has 122 valence electrons. The van der Waals surface area contributed by atoms with Gasteiger partial charge in [0.1, 0.15) is 0 Å². The molecule has 0 aromatic heterocycles. The van der Waals surface area contributed by atoms with Crippen LogP contribution in [0.25, 0.3) is 0 Å². The molecule has 0 aliphatic heterocycles. The van der Waals surface area contributed by atoms with Crippen LogP contribution in [0.5, 0.6) is 0 Å². The quantitative estimate of drug-likeness (QED) is 0.819. The highest BCUT2D eigenvalue weighted by molar-refractivity contribution is 5.82. The minimum absolute atomic E-state index is 0.349. The van der Waals surface area contributed by atoms with Crippen molar-refractivity contribution < 1.29 is 26.7 Å². The lowest BCUT2D eigenvalue weighted by Gasteiger charge is -2.14. The Morgan fingerprint density at radius 1 is 1.27 bits per heavy atom. The van der Waals surface area contributed by atoms with E-state index in [2.05, 4.69) is 5.32 Å². The van der Waals surface area contributed by atoms with Gasteiger partial charge in [-0.1, -0.05) is 18.2 Å². The van der Waals surface area contributed by atoms with E-state index in [0.717, 1.165) is 12.1 Å². The van der Waals surface area contributed by atoms with Crippen molar-refractivity contribution in [2.24, 2.45) is 11.7 Å². The molecule has 0 heterocycles. The Hall–Kier alpha value is -1.70. The van der Waals surface area contributed by atoms with E-state index in [9.17, 15) is 26.7 Å². The second kappa shape index (κ2) is 5.83. The number of nitrogens with two attached hydrogens (primary N) is 1. The van der Waals surface area contributed by atoms with Gasteiger partial charge in [0.15, 0.2) is 0 Å². The number of halogens is 5. The number of carbonyl (C=O) groups excluding carboxylic acids is 1. The Bertz CT molecular complexity index is 558. The third kappa shape index (κ3) is 3.94. The summed E-state index contributed by atoms with van der Waals surface area (Å²) in [4.78, 5) is 11.7. The van der Waals surface area contributed by atoms with Crippen molar-refractivity contribution in [3.8, 4) is 0 Å². The Labute approximate surface area is 123 Å². The van der Waals surface area contributed by atoms with Crippen LogP contribution in [0.3, 0.4) is 0 Å². The second-order valence-electron chi connectivity index (χ2n) is 5.35. The van der Waals surface area contributed by atoms with E-state index in [0.29, 0.717) is 12.0 Å². The first-order chi connectivity index (χ1) is 10.1. The van der Waals surface area contributed by atoms with E-state index in [4.69, 9.17) is 5.73 Å². The van der Waals surface area contributed by atoms with Gasteiger partial charge in [-0.25, -0.2) is 8.78 Å². The fraction of sp³-hybridized carbons (Fsp3) is 0.500. The standard InChI is InChI=1S/C14H15F5N2O/c15-13(16,6-20)7-21-12(22)11-5-10(11)8-2-1-3-9(4-8)14(17,18)19/h1-4,10-11H,5-7,20H2,(H,21,22). The topological polar surface area (TPSA) is 55.1 Å². The highest BCUT2D eigenvalue weighted by Crippen LogP contribution is 2.48. The minimum atomic E-state index is -4.45. The molecule has 0 bridgehead atoms. The Morgan fingerprint density at radius 3 is 2.55 bits per heavy atom. The van der Waals surface area contributed by atoms with Gasteiger partial charge in [0, 0.05) is 5.92 Å². The largest absolute Gasteiger partial charge is 0.416 e. The molecule has 1 saturated carbocycles. The van der Waals surface area contributed by atoms with Crippen molar-refractivity contribution in [3.63, 3.8) is 0 Å². The number of benzene rings is 1. The zero-order valence-electron chi connectivity index (χ0n) is 11.5. The van der Waals surface area contributed by atoms with Crippen LogP contribution in [0.15, 0.2) is 24.3 Å². The van der Waals surface area contributed by atoms with Crippen LogP contribution in [-0.2, 0) is 11.0 Å². The molecule has 2 unspecified atom stereocenters. The van der Waals surface area contributed by atoms with Crippen LogP contribution in [0, 0.1) is 5.92 Å². The summed E-state index contributed by atoms with van der Waals surface area (Å²) in [5.41, 5.74) is 4.46. The summed E-state index contributed by atoms with van der Waals surface area (Å²) < 4.78 is 63.7. The normalized spacial score (nSPS) is 21.5. The van der Waals surface area contributed by atoms with Gasteiger partial charge in [-0.3, -0.25) is 4.79 Å². The molecule has 0 radical (unpaired) electrons. The molecule has 8 heteroatoms. The van der Waals surface area contributed by atoms with Gasteiger partial charge in [-0.2, -0.15) is 13.2 Å². The predicted octanol–water partition coefficient (Wildman–Crippen LogP) is 2.52. The summed E-state index contributed by atoms with van der Waals surface area (Å²) in [6, 6.07) is 4.71. The number of hydrogen-bond acceptors (Lipinski definition) is 2. The van der Waals surface area contributed by atoms with Gasteiger partial charge in [-0.05, 0) is 24.0 Å². The van der Waals surface area contributed by atoms with Gasteiger partial charge in [0.25, 0.3) is 5.92 Å². The molecule has 3 N–H and O–H groups in total. The fourth-order valence-corrected chi connectivity index (χ4v) is 2.22. The number of amides is 1. The van der Waals surface area contributed by atoms with Crippen LogP contribution in [0.4, 0.5) is 22.0 Å². The van der Waals surface area contributed by atoms with Crippen LogP contribution < -0.4 is 11.1 Å². The van der Waals surface area contributed by atoms with E-state index in [1.807, 2.05) is 0 Å². The average Bonchev–Trinajstić information content (AvgIpc) is 3.25. The van der Waals surface area contributed by atoms with E-state index >= 15 is 0 Å². The zero-order valence-corrected chi connectivity index (χ0v) is 11.5. The van der Waals surface area contributed by atoms with Crippen molar-refractivity contribution in [1.82, 2.24) is 5.32 Å². The Morgan fingerprint density at radius 2 is 1.95 bits per heavy atom. The third-order valence-corrected chi connectivity index (χ3v) is 3.59. The number of nitrogens with one attached hydrogen (secondary N) is 1. The van der Waals surface area contributed by atoms with Gasteiger partial charge in [0.05, 0.1) is 18.7 Å². The van der Waals surface area contributed by atoms with E-state index < -0.39 is 42.6 Å². The van der Waals surface area contributed by atoms with Crippen molar-refractivity contribution in [1.29, 1.82) is 0 Å². The first kappa shape index (κ1) is 16.7. The first-order valence-electron chi connectivity index (χ1n) is 6.67. The molecular formula is C14H15F5N2O. The summed E-state index contributed by atoms with van der Waals surface area (Å²) in [6.07, 6.45) is -4.10. The van der Waals surface area contributed by atoms with Crippen LogP contribution in [0.1, 0.15) is 23.5 Å². The Balaban J connectivity index is 1.96. The minimum Gasteiger partial charge on any atom is -0.350 e. The van der Waals surface area contributed by atoms with Gasteiger partial charge >= 0.3 is 6.18 Å². The fourth-order valence-electron chi connectivity index (χ4n) is 2.22. The summed E-state index contributed by atoms with van der Waals surface area (Å²) >= 11 is 0. The van der Waals surface area contributed by atoms with Crippen LogP contribution in [-0.4, -0.2) is 24.9 Å². The van der Waals surface area contributed by atoms with Crippen LogP contribution in [0.2, 0.25) is 0 Å². The molecule has 3 nitrogen and oxygen atoms in total. The maximum absolute atomic E-state index is 12.9. The molecule has 1 aromatic carbocycles. The number of alkyl halides is 5. The molecular weight excluding hydrogens is 307 g/mol. The Kier molecular flexibility index (Phi) is 4.42. The van der Waals surface area contributed by atoms with Crippen molar-refractivity contribution in [2.45, 2.75) is 24.4 Å². The lowest BCUT2D eigenvalue weighted by molar-refractivity contribution is -0.137. The molecule has 1 aliphatic rings. The summed E-state index contributed by atoms with van der Waals surface area (Å²) in [5.74, 6) is -4.71. The van der Waals surface area contributed by atoms with E-state index in [1.165, 1.54) is 12.1 Å². The van der Waals surface area contributed by atoms with Crippen molar-refractivity contribution in [2.75, 3.05) is 13.1 Å². The van der Waals surface area contributed by atoms with Crippen molar-refractivity contribution >= 4 is 5.91 Å². The molecule has 0 saturated heterocycles.